The highest BCUT2D eigenvalue weighted by molar-refractivity contribution is 6.30. The highest BCUT2D eigenvalue weighted by Crippen LogP contribution is 2.17. The summed E-state index contributed by atoms with van der Waals surface area (Å²) >= 11 is 5.93. The Bertz CT molecular complexity index is 724. The van der Waals surface area contributed by atoms with Crippen molar-refractivity contribution < 1.29 is 4.74 Å². The van der Waals surface area contributed by atoms with E-state index in [1.165, 1.54) is 0 Å². The van der Waals surface area contributed by atoms with Gasteiger partial charge in [-0.1, -0.05) is 23.7 Å². The molecule has 0 fully saturated rings. The molecule has 0 bridgehead atoms. The number of fused-ring (bicyclic) bond motifs is 1. The lowest BCUT2D eigenvalue weighted by Crippen LogP contribution is -1.96. The summed E-state index contributed by atoms with van der Waals surface area (Å²) in [7, 11) is 1.66. The molecular weight excluding hydrogens is 262 g/mol. The molecule has 0 saturated heterocycles. The van der Waals surface area contributed by atoms with Gasteiger partial charge in [-0.2, -0.15) is 0 Å². The Hall–Kier alpha value is -2.07. The summed E-state index contributed by atoms with van der Waals surface area (Å²) in [5.41, 5.74) is 1.88. The van der Waals surface area contributed by atoms with Crippen LogP contribution in [0.3, 0.4) is 0 Å². The van der Waals surface area contributed by atoms with Gasteiger partial charge in [0, 0.05) is 23.7 Å². The van der Waals surface area contributed by atoms with Gasteiger partial charge in [0.2, 0.25) is 0 Å². The highest BCUT2D eigenvalue weighted by atomic mass is 35.5. The van der Waals surface area contributed by atoms with Crippen molar-refractivity contribution in [3.63, 3.8) is 0 Å². The van der Waals surface area contributed by atoms with Crippen molar-refractivity contribution in [2.24, 2.45) is 0 Å². The standard InChI is InChI=1S/C14H12ClN3O/c1-19-12-4-2-3-10(7-12)8-13-16-17-14-9-11(15)5-6-18(13)14/h2-7,9H,8H2,1H3. The van der Waals surface area contributed by atoms with Gasteiger partial charge in [0.25, 0.3) is 0 Å². The van der Waals surface area contributed by atoms with Crippen LogP contribution in [-0.4, -0.2) is 21.7 Å². The molecule has 0 radical (unpaired) electrons. The van der Waals surface area contributed by atoms with Crippen LogP contribution in [0.25, 0.3) is 5.65 Å². The van der Waals surface area contributed by atoms with Crippen LogP contribution in [0.5, 0.6) is 5.75 Å². The van der Waals surface area contributed by atoms with Crippen molar-refractivity contribution in [1.29, 1.82) is 0 Å². The van der Waals surface area contributed by atoms with Gasteiger partial charge in [0.15, 0.2) is 5.65 Å². The number of aromatic nitrogens is 3. The van der Waals surface area contributed by atoms with E-state index in [2.05, 4.69) is 10.2 Å². The van der Waals surface area contributed by atoms with Crippen LogP contribution in [0.1, 0.15) is 11.4 Å². The number of hydrogen-bond donors (Lipinski definition) is 0. The Labute approximate surface area is 115 Å². The zero-order valence-electron chi connectivity index (χ0n) is 10.4. The fourth-order valence-electron chi connectivity index (χ4n) is 2.00. The molecule has 0 spiro atoms. The van der Waals surface area contributed by atoms with E-state index in [1.54, 1.807) is 13.2 Å². The van der Waals surface area contributed by atoms with Gasteiger partial charge in [0.1, 0.15) is 11.6 Å². The lowest BCUT2D eigenvalue weighted by molar-refractivity contribution is 0.414. The normalized spacial score (nSPS) is 10.8. The maximum atomic E-state index is 5.93. The Morgan fingerprint density at radius 2 is 2.11 bits per heavy atom. The van der Waals surface area contributed by atoms with E-state index in [-0.39, 0.29) is 0 Å². The maximum absolute atomic E-state index is 5.93. The van der Waals surface area contributed by atoms with Gasteiger partial charge in [-0.3, -0.25) is 4.40 Å². The summed E-state index contributed by atoms with van der Waals surface area (Å²) in [5.74, 6) is 1.72. The number of nitrogens with zero attached hydrogens (tertiary/aromatic N) is 3. The topological polar surface area (TPSA) is 39.4 Å². The van der Waals surface area contributed by atoms with E-state index in [0.29, 0.717) is 11.4 Å². The summed E-state index contributed by atoms with van der Waals surface area (Å²) in [6, 6.07) is 11.5. The number of methoxy groups -OCH3 is 1. The van der Waals surface area contributed by atoms with Gasteiger partial charge in [-0.25, -0.2) is 0 Å². The zero-order valence-corrected chi connectivity index (χ0v) is 11.1. The summed E-state index contributed by atoms with van der Waals surface area (Å²) in [5, 5.41) is 8.98. The van der Waals surface area contributed by atoms with E-state index in [0.717, 1.165) is 22.8 Å². The molecule has 2 aromatic heterocycles. The number of hydrogen-bond acceptors (Lipinski definition) is 3. The SMILES string of the molecule is COc1cccc(Cc2nnc3cc(Cl)ccn23)c1. The molecule has 3 aromatic rings. The first-order chi connectivity index (χ1) is 9.26. The second-order valence-corrected chi connectivity index (χ2v) is 4.65. The zero-order chi connectivity index (χ0) is 13.2. The summed E-state index contributed by atoms with van der Waals surface area (Å²) in [6.07, 6.45) is 2.58. The van der Waals surface area contributed by atoms with Gasteiger partial charge in [0.05, 0.1) is 7.11 Å². The van der Waals surface area contributed by atoms with Gasteiger partial charge in [-0.15, -0.1) is 10.2 Å². The number of pyridine rings is 1. The monoisotopic (exact) mass is 273 g/mol. The Morgan fingerprint density at radius 3 is 2.95 bits per heavy atom. The molecule has 0 amide bonds. The predicted molar refractivity (Wildman–Crippen MR) is 73.8 cm³/mol. The number of benzene rings is 1. The van der Waals surface area contributed by atoms with Crippen molar-refractivity contribution in [2.75, 3.05) is 7.11 Å². The third-order valence-electron chi connectivity index (χ3n) is 2.94. The van der Waals surface area contributed by atoms with E-state index < -0.39 is 0 Å². The number of rotatable bonds is 3. The predicted octanol–water partition coefficient (Wildman–Crippen LogP) is 2.98. The van der Waals surface area contributed by atoms with Crippen LogP contribution in [0.2, 0.25) is 5.02 Å². The minimum atomic E-state index is 0.660. The van der Waals surface area contributed by atoms with Crippen LogP contribution in [0, 0.1) is 0 Å². The molecule has 1 aromatic carbocycles. The van der Waals surface area contributed by atoms with E-state index in [4.69, 9.17) is 16.3 Å². The van der Waals surface area contributed by atoms with Crippen molar-refractivity contribution in [1.82, 2.24) is 14.6 Å². The Balaban J connectivity index is 1.96. The van der Waals surface area contributed by atoms with Gasteiger partial charge in [-0.05, 0) is 23.8 Å². The summed E-state index contributed by atoms with van der Waals surface area (Å²) in [4.78, 5) is 0. The number of ether oxygens (including phenoxy) is 1. The molecule has 5 heteroatoms. The fraction of sp³-hybridized carbons (Fsp3) is 0.143. The first kappa shape index (κ1) is 12.0. The average molecular weight is 274 g/mol. The molecule has 0 N–H and O–H groups in total. The fourth-order valence-corrected chi connectivity index (χ4v) is 2.15. The van der Waals surface area contributed by atoms with Crippen molar-refractivity contribution >= 4 is 17.2 Å². The lowest BCUT2D eigenvalue weighted by atomic mass is 10.1. The number of halogens is 1. The van der Waals surface area contributed by atoms with Gasteiger partial charge < -0.3 is 4.74 Å². The molecule has 96 valence electrons. The minimum absolute atomic E-state index is 0.660. The quantitative estimate of drug-likeness (QED) is 0.736. The van der Waals surface area contributed by atoms with Crippen molar-refractivity contribution in [3.05, 3.63) is 59.0 Å². The molecule has 4 nitrogen and oxygen atoms in total. The van der Waals surface area contributed by atoms with Crippen molar-refractivity contribution in [2.45, 2.75) is 6.42 Å². The third-order valence-corrected chi connectivity index (χ3v) is 3.17. The minimum Gasteiger partial charge on any atom is -0.497 e. The Morgan fingerprint density at radius 1 is 1.21 bits per heavy atom. The molecule has 3 rings (SSSR count). The average Bonchev–Trinajstić information content (AvgIpc) is 2.81. The van der Waals surface area contributed by atoms with E-state index >= 15 is 0 Å². The molecule has 0 aliphatic carbocycles. The molecular formula is C14H12ClN3O. The first-order valence-corrected chi connectivity index (χ1v) is 6.26. The molecule has 0 aliphatic heterocycles. The molecule has 0 unspecified atom stereocenters. The van der Waals surface area contributed by atoms with Crippen LogP contribution in [0.4, 0.5) is 0 Å². The molecule has 0 atom stereocenters. The summed E-state index contributed by atoms with van der Waals surface area (Å²) in [6.45, 7) is 0. The van der Waals surface area contributed by atoms with Crippen molar-refractivity contribution in [3.8, 4) is 5.75 Å². The molecule has 0 saturated carbocycles. The second-order valence-electron chi connectivity index (χ2n) is 4.22. The highest BCUT2D eigenvalue weighted by Gasteiger charge is 2.07. The van der Waals surface area contributed by atoms with Gasteiger partial charge >= 0.3 is 0 Å². The third kappa shape index (κ3) is 2.39. The largest absolute Gasteiger partial charge is 0.497 e. The molecule has 2 heterocycles. The molecule has 19 heavy (non-hydrogen) atoms. The van der Waals surface area contributed by atoms with E-state index in [9.17, 15) is 0 Å². The second kappa shape index (κ2) is 4.90. The van der Waals surface area contributed by atoms with Crippen LogP contribution < -0.4 is 4.74 Å². The molecule has 0 aliphatic rings. The summed E-state index contributed by atoms with van der Waals surface area (Å²) < 4.78 is 7.15. The van der Waals surface area contributed by atoms with Crippen LogP contribution >= 0.6 is 11.6 Å². The van der Waals surface area contributed by atoms with Crippen LogP contribution in [-0.2, 0) is 6.42 Å². The first-order valence-electron chi connectivity index (χ1n) is 5.88. The maximum Gasteiger partial charge on any atom is 0.162 e. The Kier molecular flexibility index (Phi) is 3.09. The smallest absolute Gasteiger partial charge is 0.162 e. The lowest BCUT2D eigenvalue weighted by Gasteiger charge is -2.03. The van der Waals surface area contributed by atoms with Crippen LogP contribution in [0.15, 0.2) is 42.6 Å². The van der Waals surface area contributed by atoms with E-state index in [1.807, 2.05) is 40.9 Å².